The summed E-state index contributed by atoms with van der Waals surface area (Å²) >= 11 is 0. The van der Waals surface area contributed by atoms with E-state index in [0.29, 0.717) is 12.4 Å². The Labute approximate surface area is 162 Å². The van der Waals surface area contributed by atoms with Crippen molar-refractivity contribution in [3.05, 3.63) is 107 Å². The summed E-state index contributed by atoms with van der Waals surface area (Å²) in [6.45, 7) is 5.18. The molecule has 0 aliphatic rings. The number of hydrogen-bond acceptors (Lipinski definition) is 2. The Balaban J connectivity index is 1.76. The molecule has 0 radical (unpaired) electrons. The van der Waals surface area contributed by atoms with Crippen LogP contribution in [-0.2, 0) is 26.2 Å². The molecule has 0 spiro atoms. The lowest BCUT2D eigenvalue weighted by Gasteiger charge is -2.23. The van der Waals surface area contributed by atoms with Gasteiger partial charge in [0.05, 0.1) is 12.4 Å². The lowest BCUT2D eigenvalue weighted by atomic mass is 10.1. The van der Waals surface area contributed by atoms with Gasteiger partial charge in [-0.2, -0.15) is 0 Å². The molecule has 27 heavy (non-hydrogen) atoms. The molecule has 0 aromatic heterocycles. The molecule has 3 aromatic carbocycles. The Hall–Kier alpha value is -2.91. The van der Waals surface area contributed by atoms with Crippen molar-refractivity contribution in [2.75, 3.05) is 0 Å². The van der Waals surface area contributed by atoms with Crippen molar-refractivity contribution in [1.82, 2.24) is 4.90 Å². The van der Waals surface area contributed by atoms with Gasteiger partial charge in [0.1, 0.15) is 0 Å². The molecule has 0 amide bonds. The molecule has 0 saturated heterocycles. The first kappa shape index (κ1) is 18.9. The first-order chi connectivity index (χ1) is 13.2. The van der Waals surface area contributed by atoms with Crippen molar-refractivity contribution in [3.63, 3.8) is 0 Å². The molecule has 0 saturated carbocycles. The van der Waals surface area contributed by atoms with Gasteiger partial charge in [0.25, 0.3) is 0 Å². The molecular formula is C24H27N3. The topological polar surface area (TPSA) is 41.6 Å². The van der Waals surface area contributed by atoms with Crippen molar-refractivity contribution in [3.8, 4) is 0 Å². The number of hydrogen-bond donors (Lipinski definition) is 1. The van der Waals surface area contributed by atoms with E-state index in [4.69, 9.17) is 5.73 Å². The molecule has 2 N–H and O–H groups in total. The number of nitrogens with zero attached hydrogens (tertiary/aromatic N) is 2. The van der Waals surface area contributed by atoms with Crippen LogP contribution >= 0.6 is 0 Å². The molecule has 0 unspecified atom stereocenters. The molecule has 0 heterocycles. The highest BCUT2D eigenvalue weighted by Gasteiger charge is 2.09. The van der Waals surface area contributed by atoms with Crippen LogP contribution in [0.1, 0.15) is 29.2 Å². The smallest absolute Gasteiger partial charge is 0.0909 e. The average Bonchev–Trinajstić information content (AvgIpc) is 2.68. The van der Waals surface area contributed by atoms with E-state index in [9.17, 15) is 0 Å². The first-order valence-corrected chi connectivity index (χ1v) is 9.33. The fraction of sp³-hybridized carbons (Fsp3) is 0.208. The average molecular weight is 358 g/mol. The summed E-state index contributed by atoms with van der Waals surface area (Å²) in [5.74, 6) is 0.621. The minimum atomic E-state index is 0.621. The molecule has 0 fully saturated rings. The van der Waals surface area contributed by atoms with E-state index in [1.54, 1.807) is 0 Å². The second kappa shape index (κ2) is 9.70. The molecule has 0 bridgehead atoms. The molecule has 0 aliphatic heterocycles. The van der Waals surface area contributed by atoms with Crippen molar-refractivity contribution < 1.29 is 0 Å². The molecule has 3 heteroatoms. The largest absolute Gasteiger partial charge is 0.388 e. The fourth-order valence-electron chi connectivity index (χ4n) is 3.15. The van der Waals surface area contributed by atoms with E-state index in [1.165, 1.54) is 22.3 Å². The van der Waals surface area contributed by atoms with E-state index >= 15 is 0 Å². The van der Waals surface area contributed by atoms with Gasteiger partial charge in [-0.25, -0.2) is 0 Å². The zero-order chi connectivity index (χ0) is 18.9. The zero-order valence-electron chi connectivity index (χ0n) is 15.9. The van der Waals surface area contributed by atoms with Gasteiger partial charge in [-0.3, -0.25) is 9.89 Å². The lowest BCUT2D eigenvalue weighted by molar-refractivity contribution is 0.247. The van der Waals surface area contributed by atoms with Gasteiger partial charge in [0.15, 0.2) is 0 Å². The zero-order valence-corrected chi connectivity index (χ0v) is 15.9. The lowest BCUT2D eigenvalue weighted by Crippen LogP contribution is -2.22. The summed E-state index contributed by atoms with van der Waals surface area (Å²) in [5.41, 5.74) is 10.8. The fourth-order valence-corrected chi connectivity index (χ4v) is 3.15. The first-order valence-electron chi connectivity index (χ1n) is 9.33. The highest BCUT2D eigenvalue weighted by Crippen LogP contribution is 2.15. The number of amidine groups is 1. The minimum Gasteiger partial charge on any atom is -0.388 e. The Morgan fingerprint density at radius 3 is 1.74 bits per heavy atom. The summed E-state index contributed by atoms with van der Waals surface area (Å²) in [6, 6.07) is 29.9. The van der Waals surface area contributed by atoms with E-state index in [-0.39, 0.29) is 0 Å². The van der Waals surface area contributed by atoms with Crippen LogP contribution in [0.15, 0.2) is 89.9 Å². The number of aliphatic imine (C=N–C) groups is 1. The van der Waals surface area contributed by atoms with Crippen molar-refractivity contribution in [2.24, 2.45) is 10.7 Å². The van der Waals surface area contributed by atoms with Crippen LogP contribution in [0.3, 0.4) is 0 Å². The van der Waals surface area contributed by atoms with Gasteiger partial charge in [-0.05, 0) is 29.2 Å². The van der Waals surface area contributed by atoms with Crippen LogP contribution in [0.4, 0.5) is 0 Å². The predicted octanol–water partition coefficient (Wildman–Crippen LogP) is 4.77. The maximum absolute atomic E-state index is 5.67. The monoisotopic (exact) mass is 357 g/mol. The second-order valence-electron chi connectivity index (χ2n) is 6.89. The van der Waals surface area contributed by atoms with Crippen LogP contribution in [0.5, 0.6) is 0 Å². The predicted molar refractivity (Wildman–Crippen MR) is 113 cm³/mol. The number of nitrogens with two attached hydrogens (primary N) is 1. The third kappa shape index (κ3) is 6.39. The van der Waals surface area contributed by atoms with Gasteiger partial charge in [-0.1, -0.05) is 84.9 Å². The summed E-state index contributed by atoms with van der Waals surface area (Å²) in [6.07, 6.45) is 0. The maximum Gasteiger partial charge on any atom is 0.0909 e. The summed E-state index contributed by atoms with van der Waals surface area (Å²) < 4.78 is 0. The third-order valence-corrected chi connectivity index (χ3v) is 4.41. The highest BCUT2D eigenvalue weighted by molar-refractivity contribution is 5.77. The van der Waals surface area contributed by atoms with Crippen LogP contribution in [0.25, 0.3) is 0 Å². The summed E-state index contributed by atoms with van der Waals surface area (Å²) in [5, 5.41) is 0. The van der Waals surface area contributed by atoms with Crippen molar-refractivity contribution in [2.45, 2.75) is 33.1 Å². The Kier molecular flexibility index (Phi) is 6.78. The van der Waals surface area contributed by atoms with Gasteiger partial charge >= 0.3 is 0 Å². The van der Waals surface area contributed by atoms with Crippen LogP contribution in [0.2, 0.25) is 0 Å². The van der Waals surface area contributed by atoms with E-state index < -0.39 is 0 Å². The van der Waals surface area contributed by atoms with Gasteiger partial charge in [0.2, 0.25) is 0 Å². The van der Waals surface area contributed by atoms with E-state index in [1.807, 2.05) is 6.92 Å². The summed E-state index contributed by atoms with van der Waals surface area (Å²) in [4.78, 5) is 6.80. The summed E-state index contributed by atoms with van der Waals surface area (Å²) in [7, 11) is 0. The molecule has 3 nitrogen and oxygen atoms in total. The molecule has 3 aromatic rings. The Morgan fingerprint density at radius 1 is 0.704 bits per heavy atom. The van der Waals surface area contributed by atoms with Crippen molar-refractivity contribution in [1.29, 1.82) is 0 Å². The van der Waals surface area contributed by atoms with Crippen LogP contribution in [0, 0.1) is 0 Å². The maximum atomic E-state index is 5.67. The standard InChI is InChI=1S/C24H27N3/c1-20(25)26-16-23-13-8-14-24(15-23)19-27(17-21-9-4-2-5-10-21)18-22-11-6-3-7-12-22/h2-15H,16-19H2,1H3,(H2,25,26). The van der Waals surface area contributed by atoms with Gasteiger partial charge < -0.3 is 5.73 Å². The second-order valence-corrected chi connectivity index (χ2v) is 6.89. The van der Waals surface area contributed by atoms with Crippen LogP contribution < -0.4 is 5.73 Å². The van der Waals surface area contributed by atoms with Crippen LogP contribution in [-0.4, -0.2) is 10.7 Å². The minimum absolute atomic E-state index is 0.621. The Morgan fingerprint density at radius 2 is 1.19 bits per heavy atom. The quantitative estimate of drug-likeness (QED) is 0.466. The molecular weight excluding hydrogens is 330 g/mol. The van der Waals surface area contributed by atoms with Gasteiger partial charge in [-0.15, -0.1) is 0 Å². The number of rotatable bonds is 8. The van der Waals surface area contributed by atoms with E-state index in [2.05, 4.69) is 94.8 Å². The molecule has 0 atom stereocenters. The van der Waals surface area contributed by atoms with Crippen molar-refractivity contribution >= 4 is 5.84 Å². The molecule has 3 rings (SSSR count). The Bertz CT molecular complexity index is 812. The molecule has 0 aliphatic carbocycles. The number of benzene rings is 3. The normalized spacial score (nSPS) is 11.7. The highest BCUT2D eigenvalue weighted by atomic mass is 15.1. The third-order valence-electron chi connectivity index (χ3n) is 4.41. The SMILES string of the molecule is CC(N)=NCc1cccc(CN(Cc2ccccc2)Cc2ccccc2)c1. The molecule has 138 valence electrons. The van der Waals surface area contributed by atoms with E-state index in [0.717, 1.165) is 19.6 Å². The van der Waals surface area contributed by atoms with Gasteiger partial charge in [0, 0.05) is 19.6 Å².